The van der Waals surface area contributed by atoms with Gasteiger partial charge in [0.25, 0.3) is 0 Å². The molecule has 0 N–H and O–H groups in total. The van der Waals surface area contributed by atoms with Gasteiger partial charge in [-0.3, -0.25) is 4.79 Å². The number of anilines is 1. The molecule has 3 rings (SSSR count). The fraction of sp³-hybridized carbons (Fsp3) is 0.571. The molecular weight excluding hydrogens is 528 g/mol. The fourth-order valence-electron chi connectivity index (χ4n) is 5.25. The van der Waals surface area contributed by atoms with Gasteiger partial charge in [0.05, 0.1) is 26.1 Å². The minimum atomic E-state index is 0.0158. The van der Waals surface area contributed by atoms with Crippen LogP contribution in [0.4, 0.5) is 5.69 Å². The first kappa shape index (κ1) is 32.9. The van der Waals surface area contributed by atoms with Gasteiger partial charge in [0, 0.05) is 25.4 Å². The molecule has 0 radical (unpaired) electrons. The third kappa shape index (κ3) is 12.0. The molecule has 2 aromatic carbocycles. The molecule has 0 fully saturated rings. The monoisotopic (exact) mass is 580 g/mol. The summed E-state index contributed by atoms with van der Waals surface area (Å²) in [5.41, 5.74) is 3.16. The average molecular weight is 581 g/mol. The van der Waals surface area contributed by atoms with E-state index < -0.39 is 0 Å². The number of allylic oxidation sites excluding steroid dienone is 1. The summed E-state index contributed by atoms with van der Waals surface area (Å²) in [6, 6.07) is 14.3. The highest BCUT2D eigenvalue weighted by Crippen LogP contribution is 2.30. The average Bonchev–Trinajstić information content (AvgIpc) is 3.38. The molecule has 2 aromatic rings. The summed E-state index contributed by atoms with van der Waals surface area (Å²) in [6.45, 7) is 8.09. The zero-order chi connectivity index (χ0) is 29.3. The number of rotatable bonds is 20. The van der Waals surface area contributed by atoms with Crippen molar-refractivity contribution in [2.24, 2.45) is 0 Å². The zero-order valence-electron chi connectivity index (χ0n) is 26.0. The number of nitrogens with zero attached hydrogens (tertiary/aromatic N) is 2. The highest BCUT2D eigenvalue weighted by Gasteiger charge is 2.15. The Morgan fingerprint density at radius 3 is 2.02 bits per heavy atom. The Hall–Kier alpha value is -2.60. The van der Waals surface area contributed by atoms with Gasteiger partial charge >= 0.3 is 0 Å². The molecule has 0 unspecified atom stereocenters. The lowest BCUT2D eigenvalue weighted by atomic mass is 10.1. The van der Waals surface area contributed by atoms with E-state index in [9.17, 15) is 4.79 Å². The number of methoxy groups -OCH3 is 1. The van der Waals surface area contributed by atoms with Gasteiger partial charge in [-0.05, 0) is 53.6 Å². The minimum absolute atomic E-state index is 0.0158. The Kier molecular flexibility index (Phi) is 15.1. The Bertz CT molecular complexity index is 1070. The quantitative estimate of drug-likeness (QED) is 0.146. The van der Waals surface area contributed by atoms with E-state index in [1.807, 2.05) is 47.0 Å². The molecular formula is C35H52N2O3S. The maximum atomic E-state index is 12.6. The largest absolute Gasteiger partial charge is 0.493 e. The second kappa shape index (κ2) is 18.8. The van der Waals surface area contributed by atoms with E-state index in [1.165, 1.54) is 81.1 Å². The van der Waals surface area contributed by atoms with Crippen LogP contribution in [0.25, 0.3) is 0 Å². The van der Waals surface area contributed by atoms with Crippen molar-refractivity contribution < 1.29 is 14.3 Å². The smallest absolute Gasteiger partial charge is 0.224 e. The number of carbonyl (C=O) groups excluding carboxylic acids is 1. The number of carbonyl (C=O) groups is 1. The molecule has 0 saturated heterocycles. The lowest BCUT2D eigenvalue weighted by molar-refractivity contribution is -0.116. The van der Waals surface area contributed by atoms with E-state index in [2.05, 4.69) is 37.1 Å². The maximum Gasteiger partial charge on any atom is 0.224 e. The van der Waals surface area contributed by atoms with E-state index in [1.54, 1.807) is 14.0 Å². The first-order valence-electron chi connectivity index (χ1n) is 15.7. The van der Waals surface area contributed by atoms with Gasteiger partial charge in [-0.15, -0.1) is 11.8 Å². The second-order valence-electron chi connectivity index (χ2n) is 11.3. The standard InChI is InChI=1S/C35H52N2O3S/c1-5-6-7-8-9-10-11-12-13-14-15-16-23-40-35-24-32(19-22-34(35)39-4)27-37(30(3)38)33-20-17-31(18-21-33)26-36-25-29(2)41-28-36/h17-22,24-25H,5-16,23,26-28H2,1-4H3. The molecule has 226 valence electrons. The van der Waals surface area contributed by atoms with Gasteiger partial charge in [0.15, 0.2) is 11.5 Å². The SMILES string of the molecule is CCCCCCCCCCCCCCOc1cc(CN(C(C)=O)c2ccc(CN3C=C(C)SC3)cc2)ccc1OC. The van der Waals surface area contributed by atoms with Crippen molar-refractivity contribution >= 4 is 23.4 Å². The number of hydrogen-bond acceptors (Lipinski definition) is 5. The van der Waals surface area contributed by atoms with E-state index in [4.69, 9.17) is 9.47 Å². The van der Waals surface area contributed by atoms with Gasteiger partial charge in [0.2, 0.25) is 5.91 Å². The normalized spacial score (nSPS) is 12.9. The van der Waals surface area contributed by atoms with Crippen LogP contribution in [0.1, 0.15) is 109 Å². The van der Waals surface area contributed by atoms with Gasteiger partial charge in [-0.25, -0.2) is 0 Å². The molecule has 0 atom stereocenters. The van der Waals surface area contributed by atoms with Crippen molar-refractivity contribution in [1.29, 1.82) is 0 Å². The highest BCUT2D eigenvalue weighted by atomic mass is 32.2. The first-order valence-corrected chi connectivity index (χ1v) is 16.7. The van der Waals surface area contributed by atoms with E-state index in [0.717, 1.165) is 41.6 Å². The molecule has 0 aromatic heterocycles. The van der Waals surface area contributed by atoms with E-state index in [-0.39, 0.29) is 5.91 Å². The van der Waals surface area contributed by atoms with Crippen LogP contribution in [0, 0.1) is 0 Å². The summed E-state index contributed by atoms with van der Waals surface area (Å²) in [5.74, 6) is 2.49. The third-order valence-electron chi connectivity index (χ3n) is 7.66. The molecule has 0 bridgehead atoms. The van der Waals surface area contributed by atoms with Gasteiger partial charge in [-0.2, -0.15) is 0 Å². The molecule has 0 spiro atoms. The second-order valence-corrected chi connectivity index (χ2v) is 12.4. The number of benzene rings is 2. The van der Waals surface area contributed by atoms with Crippen molar-refractivity contribution in [1.82, 2.24) is 4.90 Å². The van der Waals surface area contributed by atoms with Crippen LogP contribution in [-0.2, 0) is 17.9 Å². The lowest BCUT2D eigenvalue weighted by Crippen LogP contribution is -2.27. The summed E-state index contributed by atoms with van der Waals surface area (Å²) in [7, 11) is 1.67. The number of thioether (sulfide) groups is 1. The summed E-state index contributed by atoms with van der Waals surface area (Å²) in [5, 5.41) is 0. The third-order valence-corrected chi connectivity index (χ3v) is 8.68. The number of unbranched alkanes of at least 4 members (excludes halogenated alkanes) is 11. The number of amides is 1. The van der Waals surface area contributed by atoms with Gasteiger partial charge < -0.3 is 19.3 Å². The Labute approximate surface area is 253 Å². The Morgan fingerprint density at radius 2 is 1.46 bits per heavy atom. The van der Waals surface area contributed by atoms with E-state index >= 15 is 0 Å². The van der Waals surface area contributed by atoms with Crippen LogP contribution in [-0.4, -0.2) is 30.4 Å². The summed E-state index contributed by atoms with van der Waals surface area (Å²) >= 11 is 1.87. The van der Waals surface area contributed by atoms with E-state index in [0.29, 0.717) is 13.2 Å². The van der Waals surface area contributed by atoms with Crippen molar-refractivity contribution in [2.75, 3.05) is 24.5 Å². The molecule has 41 heavy (non-hydrogen) atoms. The van der Waals surface area contributed by atoms with Crippen LogP contribution in [0.5, 0.6) is 11.5 Å². The molecule has 0 aliphatic carbocycles. The lowest BCUT2D eigenvalue weighted by Gasteiger charge is -2.23. The number of hydrogen-bond donors (Lipinski definition) is 0. The Balaban J connectivity index is 1.43. The van der Waals surface area contributed by atoms with Crippen molar-refractivity contribution in [3.05, 3.63) is 64.7 Å². The molecule has 1 aliphatic rings. The highest BCUT2D eigenvalue weighted by molar-refractivity contribution is 8.03. The van der Waals surface area contributed by atoms with Crippen LogP contribution in [0.2, 0.25) is 0 Å². The zero-order valence-corrected chi connectivity index (χ0v) is 26.8. The van der Waals surface area contributed by atoms with Gasteiger partial charge in [0.1, 0.15) is 0 Å². The minimum Gasteiger partial charge on any atom is -0.493 e. The predicted molar refractivity (Wildman–Crippen MR) is 175 cm³/mol. The van der Waals surface area contributed by atoms with Crippen LogP contribution in [0.15, 0.2) is 53.6 Å². The van der Waals surface area contributed by atoms with Crippen molar-refractivity contribution in [3.8, 4) is 11.5 Å². The van der Waals surface area contributed by atoms with Gasteiger partial charge in [-0.1, -0.05) is 95.8 Å². The summed E-state index contributed by atoms with van der Waals surface area (Å²) in [4.78, 5) is 18.1. The van der Waals surface area contributed by atoms with Crippen molar-refractivity contribution in [2.45, 2.75) is 111 Å². The molecule has 0 saturated carbocycles. The molecule has 1 amide bonds. The number of ether oxygens (including phenoxy) is 2. The van der Waals surface area contributed by atoms with Crippen molar-refractivity contribution in [3.63, 3.8) is 0 Å². The predicted octanol–water partition coefficient (Wildman–Crippen LogP) is 9.70. The summed E-state index contributed by atoms with van der Waals surface area (Å²) in [6.07, 6.45) is 18.1. The Morgan fingerprint density at radius 1 is 0.854 bits per heavy atom. The molecule has 1 aliphatic heterocycles. The maximum absolute atomic E-state index is 12.6. The van der Waals surface area contributed by atoms with Crippen LogP contribution >= 0.6 is 11.8 Å². The molecule has 5 nitrogen and oxygen atoms in total. The first-order chi connectivity index (χ1) is 20.0. The topological polar surface area (TPSA) is 42.0 Å². The summed E-state index contributed by atoms with van der Waals surface area (Å²) < 4.78 is 11.7. The fourth-order valence-corrected chi connectivity index (χ4v) is 6.01. The molecule has 6 heteroatoms. The van der Waals surface area contributed by atoms with Crippen LogP contribution < -0.4 is 14.4 Å². The van der Waals surface area contributed by atoms with Crippen LogP contribution in [0.3, 0.4) is 0 Å². The molecule has 1 heterocycles.